The van der Waals surface area contributed by atoms with Crippen molar-refractivity contribution < 1.29 is 9.90 Å². The highest BCUT2D eigenvalue weighted by molar-refractivity contribution is 5.82. The average Bonchev–Trinajstić information content (AvgIpc) is 2.71. The normalized spacial score (nSPS) is 16.5. The molecule has 2 atom stereocenters. The van der Waals surface area contributed by atoms with E-state index in [0.717, 1.165) is 47.3 Å². The standard InChI is InChI=1S/C25H35N3O2/c1-4-5-6-7-18-8-9-23-21(14-18)24(10-11-27-23)28-25(30)22(26)15-20-16(2)12-19(29)13-17(20)3/h8-9,12-14,22,24,27,29H,4-7,10-11,15,26H2,1-3H3,(H,28,30)/t22-,24+/m0/s1. The molecule has 0 saturated carbocycles. The zero-order chi connectivity index (χ0) is 21.7. The summed E-state index contributed by atoms with van der Waals surface area (Å²) in [6.45, 7) is 6.93. The number of carbonyl (C=O) groups excluding carboxylic acids is 1. The molecule has 0 radical (unpaired) electrons. The molecule has 0 saturated heterocycles. The number of hydrogen-bond donors (Lipinski definition) is 4. The zero-order valence-corrected chi connectivity index (χ0v) is 18.4. The molecule has 30 heavy (non-hydrogen) atoms. The molecule has 0 aromatic heterocycles. The van der Waals surface area contributed by atoms with Crippen LogP contribution in [0.5, 0.6) is 5.75 Å². The third-order valence-electron chi connectivity index (χ3n) is 6.07. The Morgan fingerprint density at radius 1 is 1.23 bits per heavy atom. The Morgan fingerprint density at radius 3 is 2.67 bits per heavy atom. The van der Waals surface area contributed by atoms with Gasteiger partial charge >= 0.3 is 0 Å². The van der Waals surface area contributed by atoms with Crippen molar-refractivity contribution in [1.82, 2.24) is 5.32 Å². The number of carbonyl (C=O) groups is 1. The second-order valence-electron chi connectivity index (χ2n) is 8.52. The molecule has 1 amide bonds. The number of nitrogens with one attached hydrogen (secondary N) is 2. The van der Waals surface area contributed by atoms with Gasteiger partial charge < -0.3 is 21.5 Å². The number of unbranched alkanes of at least 4 members (excludes halogenated alkanes) is 2. The van der Waals surface area contributed by atoms with E-state index in [0.29, 0.717) is 6.42 Å². The van der Waals surface area contributed by atoms with Crippen molar-refractivity contribution in [3.05, 3.63) is 58.1 Å². The van der Waals surface area contributed by atoms with E-state index in [-0.39, 0.29) is 17.7 Å². The number of nitrogens with two attached hydrogens (primary N) is 1. The molecule has 0 fully saturated rings. The Bertz CT molecular complexity index is 871. The van der Waals surface area contributed by atoms with Crippen molar-refractivity contribution in [3.63, 3.8) is 0 Å². The van der Waals surface area contributed by atoms with Gasteiger partial charge in [-0.2, -0.15) is 0 Å². The van der Waals surface area contributed by atoms with Crippen molar-refractivity contribution >= 4 is 11.6 Å². The largest absolute Gasteiger partial charge is 0.508 e. The highest BCUT2D eigenvalue weighted by atomic mass is 16.3. The summed E-state index contributed by atoms with van der Waals surface area (Å²) in [7, 11) is 0. The molecule has 5 nitrogen and oxygen atoms in total. The van der Waals surface area contributed by atoms with Crippen LogP contribution in [0.2, 0.25) is 0 Å². The van der Waals surface area contributed by atoms with E-state index in [1.54, 1.807) is 12.1 Å². The predicted octanol–water partition coefficient (Wildman–Crippen LogP) is 4.28. The van der Waals surface area contributed by atoms with Crippen LogP contribution < -0.4 is 16.4 Å². The Balaban J connectivity index is 1.69. The second-order valence-corrected chi connectivity index (χ2v) is 8.52. The Kier molecular flexibility index (Phi) is 7.38. The monoisotopic (exact) mass is 409 g/mol. The van der Waals surface area contributed by atoms with Gasteiger partial charge in [-0.25, -0.2) is 0 Å². The van der Waals surface area contributed by atoms with E-state index in [2.05, 4.69) is 35.8 Å². The molecule has 2 aromatic carbocycles. The highest BCUT2D eigenvalue weighted by Gasteiger charge is 2.25. The molecule has 1 heterocycles. The fraction of sp³-hybridized carbons (Fsp3) is 0.480. The average molecular weight is 410 g/mol. The molecule has 2 aromatic rings. The lowest BCUT2D eigenvalue weighted by Crippen LogP contribution is -2.44. The van der Waals surface area contributed by atoms with E-state index in [9.17, 15) is 9.90 Å². The number of aromatic hydroxyl groups is 1. The van der Waals surface area contributed by atoms with Gasteiger partial charge in [-0.3, -0.25) is 4.79 Å². The first-order chi connectivity index (χ1) is 14.4. The maximum Gasteiger partial charge on any atom is 0.237 e. The van der Waals surface area contributed by atoms with E-state index < -0.39 is 6.04 Å². The van der Waals surface area contributed by atoms with E-state index >= 15 is 0 Å². The van der Waals surface area contributed by atoms with E-state index in [1.165, 1.54) is 24.8 Å². The van der Waals surface area contributed by atoms with Crippen LogP contribution in [0.1, 0.15) is 66.5 Å². The summed E-state index contributed by atoms with van der Waals surface area (Å²) in [5, 5.41) is 16.4. The maximum atomic E-state index is 12.9. The molecule has 5 heteroatoms. The van der Waals surface area contributed by atoms with Crippen molar-refractivity contribution in [1.29, 1.82) is 0 Å². The van der Waals surface area contributed by atoms with Crippen LogP contribution in [0.4, 0.5) is 5.69 Å². The van der Waals surface area contributed by atoms with Crippen molar-refractivity contribution in [2.45, 2.75) is 71.4 Å². The summed E-state index contributed by atoms with van der Waals surface area (Å²) in [4.78, 5) is 12.9. The molecule has 0 spiro atoms. The zero-order valence-electron chi connectivity index (χ0n) is 18.4. The molecule has 0 unspecified atom stereocenters. The Morgan fingerprint density at radius 2 is 1.97 bits per heavy atom. The van der Waals surface area contributed by atoms with Crippen molar-refractivity contribution in [2.24, 2.45) is 5.73 Å². The summed E-state index contributed by atoms with van der Waals surface area (Å²) in [5.74, 6) is 0.115. The molecule has 3 rings (SSSR count). The minimum Gasteiger partial charge on any atom is -0.508 e. The lowest BCUT2D eigenvalue weighted by Gasteiger charge is -2.29. The number of anilines is 1. The van der Waals surface area contributed by atoms with Crippen LogP contribution in [0.15, 0.2) is 30.3 Å². The first kappa shape index (κ1) is 22.2. The lowest BCUT2D eigenvalue weighted by atomic mass is 9.93. The summed E-state index contributed by atoms with van der Waals surface area (Å²) in [5.41, 5.74) is 12.8. The number of rotatable bonds is 8. The fourth-order valence-corrected chi connectivity index (χ4v) is 4.34. The molecular weight excluding hydrogens is 374 g/mol. The number of hydrogen-bond acceptors (Lipinski definition) is 4. The molecule has 1 aliphatic rings. The van der Waals surface area contributed by atoms with Gasteiger partial charge in [0, 0.05) is 12.2 Å². The number of phenolic OH excluding ortho intramolecular Hbond substituents is 1. The SMILES string of the molecule is CCCCCc1ccc2c(c1)[C@H](NC(=O)[C@@H](N)Cc1c(C)cc(O)cc1C)CCN2. The first-order valence-electron chi connectivity index (χ1n) is 11.1. The molecule has 5 N–H and O–H groups in total. The number of benzene rings is 2. The second kappa shape index (κ2) is 9.98. The third-order valence-corrected chi connectivity index (χ3v) is 6.07. The summed E-state index contributed by atoms with van der Waals surface area (Å²) >= 11 is 0. The maximum absolute atomic E-state index is 12.9. The topological polar surface area (TPSA) is 87.4 Å². The molecule has 162 valence electrons. The van der Waals surface area contributed by atoms with Crippen molar-refractivity contribution in [3.8, 4) is 5.75 Å². The van der Waals surface area contributed by atoms with Gasteiger partial charge in [0.2, 0.25) is 5.91 Å². The van der Waals surface area contributed by atoms with Crippen LogP contribution in [0.3, 0.4) is 0 Å². The fourth-order valence-electron chi connectivity index (χ4n) is 4.34. The van der Waals surface area contributed by atoms with Crippen LogP contribution in [0.25, 0.3) is 0 Å². The van der Waals surface area contributed by atoms with Gasteiger partial charge in [-0.1, -0.05) is 31.9 Å². The number of fused-ring (bicyclic) bond motifs is 1. The number of phenols is 1. The van der Waals surface area contributed by atoms with Crippen LogP contribution >= 0.6 is 0 Å². The van der Waals surface area contributed by atoms with Crippen LogP contribution in [0, 0.1) is 13.8 Å². The van der Waals surface area contributed by atoms with Gasteiger partial charge in [0.25, 0.3) is 0 Å². The smallest absolute Gasteiger partial charge is 0.237 e. The molecule has 0 bridgehead atoms. The van der Waals surface area contributed by atoms with Crippen LogP contribution in [-0.4, -0.2) is 23.6 Å². The van der Waals surface area contributed by atoms with Gasteiger partial charge in [0.1, 0.15) is 5.75 Å². The molecule has 0 aliphatic carbocycles. The summed E-state index contributed by atoms with van der Waals surface area (Å²) < 4.78 is 0. The highest BCUT2D eigenvalue weighted by Crippen LogP contribution is 2.31. The number of amides is 1. The minimum atomic E-state index is -0.627. The summed E-state index contributed by atoms with van der Waals surface area (Å²) in [6.07, 6.45) is 6.01. The molecule has 1 aliphatic heterocycles. The van der Waals surface area contributed by atoms with Gasteiger partial charge in [-0.15, -0.1) is 0 Å². The number of aryl methyl sites for hydroxylation is 3. The van der Waals surface area contributed by atoms with Gasteiger partial charge in [0.15, 0.2) is 0 Å². The van der Waals surface area contributed by atoms with Gasteiger partial charge in [0.05, 0.1) is 12.1 Å². The molecular formula is C25H35N3O2. The Hall–Kier alpha value is -2.53. The first-order valence-corrected chi connectivity index (χ1v) is 11.1. The predicted molar refractivity (Wildman–Crippen MR) is 123 cm³/mol. The van der Waals surface area contributed by atoms with E-state index in [4.69, 9.17) is 5.73 Å². The minimum absolute atomic E-state index is 0.0204. The van der Waals surface area contributed by atoms with Gasteiger partial charge in [-0.05, 0) is 85.5 Å². The lowest BCUT2D eigenvalue weighted by molar-refractivity contribution is -0.123. The van der Waals surface area contributed by atoms with E-state index in [1.807, 2.05) is 13.8 Å². The third kappa shape index (κ3) is 5.33. The van der Waals surface area contributed by atoms with Crippen molar-refractivity contribution in [2.75, 3.05) is 11.9 Å². The quantitative estimate of drug-likeness (QED) is 0.490. The Labute approximate surface area is 180 Å². The summed E-state index contributed by atoms with van der Waals surface area (Å²) in [6, 6.07) is 9.35. The van der Waals surface area contributed by atoms with Crippen LogP contribution in [-0.2, 0) is 17.6 Å².